The third-order valence-corrected chi connectivity index (χ3v) is 6.03. The summed E-state index contributed by atoms with van der Waals surface area (Å²) in [6.07, 6.45) is 5.21. The molecule has 1 aliphatic heterocycles. The van der Waals surface area contributed by atoms with Gasteiger partial charge in [0.25, 0.3) is 0 Å². The van der Waals surface area contributed by atoms with Crippen LogP contribution in [-0.4, -0.2) is 30.4 Å². The van der Waals surface area contributed by atoms with Crippen molar-refractivity contribution < 1.29 is 9.84 Å². The molecule has 2 aliphatic carbocycles. The number of nitrogens with one attached hydrogen (secondary N) is 1. The summed E-state index contributed by atoms with van der Waals surface area (Å²) < 4.78 is 5.94. The number of hydrogen-bond acceptors (Lipinski definition) is 3. The Bertz CT molecular complexity index is 508. The summed E-state index contributed by atoms with van der Waals surface area (Å²) >= 11 is 0. The van der Waals surface area contributed by atoms with Gasteiger partial charge in [0.15, 0.2) is 0 Å². The number of benzene rings is 1. The van der Waals surface area contributed by atoms with Crippen molar-refractivity contribution in [3.8, 4) is 0 Å². The van der Waals surface area contributed by atoms with Crippen LogP contribution in [0.4, 0.5) is 0 Å². The van der Waals surface area contributed by atoms with E-state index in [1.807, 2.05) is 12.1 Å². The van der Waals surface area contributed by atoms with Gasteiger partial charge in [0, 0.05) is 30.5 Å². The van der Waals surface area contributed by atoms with E-state index in [0.717, 1.165) is 12.2 Å². The molecule has 4 unspecified atom stereocenters. The van der Waals surface area contributed by atoms with E-state index in [4.69, 9.17) is 4.74 Å². The molecule has 3 fully saturated rings. The highest BCUT2D eigenvalue weighted by molar-refractivity contribution is 5.24. The van der Waals surface area contributed by atoms with Crippen LogP contribution in [0.25, 0.3) is 0 Å². The predicted octanol–water partition coefficient (Wildman–Crippen LogP) is 2.58. The molecule has 1 aromatic carbocycles. The number of hydrogen-bond donors (Lipinski definition) is 2. The fourth-order valence-electron chi connectivity index (χ4n) is 4.70. The van der Waals surface area contributed by atoms with Crippen LogP contribution in [0.15, 0.2) is 24.3 Å². The molecule has 4 rings (SSSR count). The second kappa shape index (κ2) is 5.08. The monoisotopic (exact) mass is 287 g/mol. The first-order valence-corrected chi connectivity index (χ1v) is 8.30. The van der Waals surface area contributed by atoms with Crippen molar-refractivity contribution >= 4 is 0 Å². The highest BCUT2D eigenvalue weighted by atomic mass is 16.5. The van der Waals surface area contributed by atoms with Crippen molar-refractivity contribution in [2.45, 2.75) is 50.9 Å². The Labute approximate surface area is 126 Å². The number of rotatable bonds is 4. The molecule has 1 heterocycles. The summed E-state index contributed by atoms with van der Waals surface area (Å²) in [4.78, 5) is 0. The van der Waals surface area contributed by atoms with E-state index < -0.39 is 6.10 Å². The standard InChI is InChI=1S/C18H25NO2/c1-12-3-5-13(6-4-12)15(20)11-19-16-14-7-10-21-17(14)18(16)8-2-9-18/h3-6,14-17,19-20H,2,7-11H2,1H3. The largest absolute Gasteiger partial charge is 0.387 e. The van der Waals surface area contributed by atoms with Crippen molar-refractivity contribution in [2.75, 3.05) is 13.2 Å². The molecule has 3 heteroatoms. The Hall–Kier alpha value is -0.900. The Morgan fingerprint density at radius 1 is 1.33 bits per heavy atom. The highest BCUT2D eigenvalue weighted by Gasteiger charge is 2.66. The van der Waals surface area contributed by atoms with Crippen molar-refractivity contribution in [3.05, 3.63) is 35.4 Å². The van der Waals surface area contributed by atoms with Gasteiger partial charge in [0.2, 0.25) is 0 Å². The summed E-state index contributed by atoms with van der Waals surface area (Å²) in [5, 5.41) is 14.1. The van der Waals surface area contributed by atoms with Gasteiger partial charge in [-0.3, -0.25) is 0 Å². The average Bonchev–Trinajstić information content (AvgIpc) is 2.83. The molecular weight excluding hydrogens is 262 g/mol. The van der Waals surface area contributed by atoms with E-state index in [9.17, 15) is 5.11 Å². The topological polar surface area (TPSA) is 41.5 Å². The predicted molar refractivity (Wildman–Crippen MR) is 82.1 cm³/mol. The summed E-state index contributed by atoms with van der Waals surface area (Å²) in [6.45, 7) is 3.65. The van der Waals surface area contributed by atoms with Gasteiger partial charge in [0.05, 0.1) is 12.2 Å². The van der Waals surface area contributed by atoms with Crippen molar-refractivity contribution in [2.24, 2.45) is 11.3 Å². The normalized spacial score (nSPS) is 34.1. The lowest BCUT2D eigenvalue weighted by atomic mass is 9.46. The van der Waals surface area contributed by atoms with Crippen LogP contribution < -0.4 is 5.32 Å². The molecule has 1 spiro atoms. The van der Waals surface area contributed by atoms with Crippen molar-refractivity contribution in [3.63, 3.8) is 0 Å². The average molecular weight is 287 g/mol. The van der Waals surface area contributed by atoms with Gasteiger partial charge in [-0.25, -0.2) is 0 Å². The van der Waals surface area contributed by atoms with E-state index in [1.165, 1.54) is 31.2 Å². The SMILES string of the molecule is Cc1ccc(C(O)CNC2C3CCOC3C23CCC3)cc1. The van der Waals surface area contributed by atoms with Crippen LogP contribution >= 0.6 is 0 Å². The first-order chi connectivity index (χ1) is 10.2. The fraction of sp³-hybridized carbons (Fsp3) is 0.667. The van der Waals surface area contributed by atoms with Gasteiger partial charge >= 0.3 is 0 Å². The minimum Gasteiger partial charge on any atom is -0.387 e. The summed E-state index contributed by atoms with van der Waals surface area (Å²) in [7, 11) is 0. The van der Waals surface area contributed by atoms with E-state index in [0.29, 0.717) is 30.0 Å². The maximum Gasteiger partial charge on any atom is 0.0914 e. The lowest BCUT2D eigenvalue weighted by molar-refractivity contribution is -0.177. The molecule has 3 aliphatic rings. The Morgan fingerprint density at radius 2 is 2.10 bits per heavy atom. The second-order valence-electron chi connectivity index (χ2n) is 7.14. The van der Waals surface area contributed by atoms with Gasteiger partial charge < -0.3 is 15.2 Å². The van der Waals surface area contributed by atoms with Gasteiger partial charge in [-0.2, -0.15) is 0 Å². The van der Waals surface area contributed by atoms with Crippen LogP contribution in [0.2, 0.25) is 0 Å². The van der Waals surface area contributed by atoms with Crippen molar-refractivity contribution in [1.82, 2.24) is 5.32 Å². The summed E-state index contributed by atoms with van der Waals surface area (Å²) in [5.41, 5.74) is 2.64. The molecule has 2 N–H and O–H groups in total. The van der Waals surface area contributed by atoms with E-state index in [1.54, 1.807) is 0 Å². The molecule has 0 radical (unpaired) electrons. The number of aliphatic hydroxyl groups is 1. The minimum absolute atomic E-state index is 0.397. The third-order valence-electron chi connectivity index (χ3n) is 6.03. The molecule has 114 valence electrons. The molecule has 0 amide bonds. The highest BCUT2D eigenvalue weighted by Crippen LogP contribution is 2.62. The zero-order valence-corrected chi connectivity index (χ0v) is 12.7. The summed E-state index contributed by atoms with van der Waals surface area (Å²) in [5.74, 6) is 0.676. The molecule has 0 bridgehead atoms. The second-order valence-corrected chi connectivity index (χ2v) is 7.14. The lowest BCUT2D eigenvalue weighted by Crippen LogP contribution is -2.71. The van der Waals surface area contributed by atoms with Gasteiger partial charge in [-0.1, -0.05) is 36.2 Å². The molecule has 2 saturated carbocycles. The van der Waals surface area contributed by atoms with Crippen molar-refractivity contribution in [1.29, 1.82) is 0 Å². The Balaban J connectivity index is 1.39. The fourth-order valence-corrected chi connectivity index (χ4v) is 4.70. The molecule has 0 aromatic heterocycles. The van der Waals surface area contributed by atoms with Gasteiger partial charge in [0.1, 0.15) is 0 Å². The quantitative estimate of drug-likeness (QED) is 0.894. The van der Waals surface area contributed by atoms with Gasteiger partial charge in [-0.15, -0.1) is 0 Å². The Kier molecular flexibility index (Phi) is 3.32. The molecule has 3 nitrogen and oxygen atoms in total. The third kappa shape index (κ3) is 2.06. The van der Waals surface area contributed by atoms with Crippen LogP contribution in [-0.2, 0) is 4.74 Å². The lowest BCUT2D eigenvalue weighted by Gasteiger charge is -2.63. The molecule has 21 heavy (non-hydrogen) atoms. The first-order valence-electron chi connectivity index (χ1n) is 8.30. The molecule has 4 atom stereocenters. The van der Waals surface area contributed by atoms with E-state index in [2.05, 4.69) is 24.4 Å². The number of aryl methyl sites for hydroxylation is 1. The van der Waals surface area contributed by atoms with E-state index >= 15 is 0 Å². The van der Waals surface area contributed by atoms with Crippen LogP contribution in [0.3, 0.4) is 0 Å². The smallest absolute Gasteiger partial charge is 0.0914 e. The summed E-state index contributed by atoms with van der Waals surface area (Å²) in [6, 6.07) is 8.75. The number of ether oxygens (including phenoxy) is 1. The first kappa shape index (κ1) is 13.7. The van der Waals surface area contributed by atoms with Crippen LogP contribution in [0.1, 0.15) is 42.9 Å². The number of aliphatic hydroxyl groups excluding tert-OH is 1. The van der Waals surface area contributed by atoms with Crippen LogP contribution in [0, 0.1) is 18.3 Å². The number of fused-ring (bicyclic) bond motifs is 2. The maximum absolute atomic E-state index is 10.4. The molecular formula is C18H25NO2. The van der Waals surface area contributed by atoms with E-state index in [-0.39, 0.29) is 0 Å². The molecule has 1 saturated heterocycles. The molecule has 1 aromatic rings. The zero-order chi connectivity index (χ0) is 14.4. The maximum atomic E-state index is 10.4. The minimum atomic E-state index is -0.413. The van der Waals surface area contributed by atoms with Gasteiger partial charge in [-0.05, 0) is 31.7 Å². The van der Waals surface area contributed by atoms with Crippen LogP contribution in [0.5, 0.6) is 0 Å². The zero-order valence-electron chi connectivity index (χ0n) is 12.7. The Morgan fingerprint density at radius 3 is 2.76 bits per heavy atom.